The maximum absolute atomic E-state index is 14.1. The Hall–Kier alpha value is -4.26. The second-order valence-electron chi connectivity index (χ2n) is 10.3. The number of alkyl halides is 3. The monoisotopic (exact) mass is 623 g/mol. The molecule has 230 valence electrons. The molecular formula is C32H32F3N5O3S. The van der Waals surface area contributed by atoms with Crippen molar-refractivity contribution >= 4 is 34.5 Å². The first-order valence-electron chi connectivity index (χ1n) is 14.1. The van der Waals surface area contributed by atoms with E-state index in [2.05, 4.69) is 27.4 Å². The lowest BCUT2D eigenvalue weighted by Crippen LogP contribution is -2.45. The fourth-order valence-electron chi connectivity index (χ4n) is 5.05. The summed E-state index contributed by atoms with van der Waals surface area (Å²) >= 11 is 1.52. The molecular weight excluding hydrogens is 591 g/mol. The third-order valence-corrected chi connectivity index (χ3v) is 8.41. The van der Waals surface area contributed by atoms with Crippen LogP contribution < -0.4 is 15.4 Å². The predicted octanol–water partition coefficient (Wildman–Crippen LogP) is 6.48. The second-order valence-corrected chi connectivity index (χ2v) is 11.3. The molecule has 0 bridgehead atoms. The van der Waals surface area contributed by atoms with Gasteiger partial charge in [-0.3, -0.25) is 19.5 Å². The molecule has 0 spiro atoms. The second kappa shape index (κ2) is 13.6. The fourth-order valence-corrected chi connectivity index (χ4v) is 5.76. The number of aromatic nitrogens is 1. The van der Waals surface area contributed by atoms with Crippen molar-refractivity contribution in [2.24, 2.45) is 0 Å². The van der Waals surface area contributed by atoms with Gasteiger partial charge < -0.3 is 20.3 Å². The van der Waals surface area contributed by atoms with Crippen molar-refractivity contribution in [1.29, 1.82) is 0 Å². The number of likely N-dealkylation sites (N-methyl/N-ethyl adjacent to an activating group) is 1. The highest BCUT2D eigenvalue weighted by Gasteiger charge is 2.34. The molecule has 1 saturated heterocycles. The van der Waals surface area contributed by atoms with Crippen LogP contribution in [0.2, 0.25) is 0 Å². The molecule has 8 nitrogen and oxygen atoms in total. The Kier molecular flexibility index (Phi) is 9.62. The summed E-state index contributed by atoms with van der Waals surface area (Å²) in [7, 11) is 1.42. The van der Waals surface area contributed by atoms with E-state index in [1.165, 1.54) is 55.0 Å². The molecule has 2 N–H and O–H groups in total. The largest absolute Gasteiger partial charge is 0.495 e. The Morgan fingerprint density at radius 1 is 0.932 bits per heavy atom. The minimum absolute atomic E-state index is 0.0137. The number of anilines is 2. The van der Waals surface area contributed by atoms with Crippen LogP contribution in [0.1, 0.15) is 38.8 Å². The van der Waals surface area contributed by atoms with Gasteiger partial charge in [0.1, 0.15) is 5.75 Å². The van der Waals surface area contributed by atoms with E-state index in [-0.39, 0.29) is 29.0 Å². The molecule has 0 saturated carbocycles. The Morgan fingerprint density at radius 2 is 1.68 bits per heavy atom. The molecule has 3 heterocycles. The number of rotatable bonds is 9. The van der Waals surface area contributed by atoms with Crippen molar-refractivity contribution in [3.63, 3.8) is 0 Å². The number of hydrogen-bond donors (Lipinski definition) is 2. The van der Waals surface area contributed by atoms with E-state index < -0.39 is 23.6 Å². The number of piperazine rings is 1. The first-order chi connectivity index (χ1) is 21.1. The van der Waals surface area contributed by atoms with Gasteiger partial charge in [0.2, 0.25) is 0 Å². The highest BCUT2D eigenvalue weighted by molar-refractivity contribution is 7.13. The van der Waals surface area contributed by atoms with Crippen molar-refractivity contribution in [2.75, 3.05) is 50.5 Å². The van der Waals surface area contributed by atoms with Crippen LogP contribution in [0.5, 0.6) is 5.75 Å². The number of thiophene rings is 1. The summed E-state index contributed by atoms with van der Waals surface area (Å²) in [6, 6.07) is 13.8. The van der Waals surface area contributed by atoms with Crippen molar-refractivity contribution in [1.82, 2.24) is 14.8 Å². The maximum Gasteiger partial charge on any atom is 0.416 e. The molecule has 1 aliphatic rings. The third-order valence-electron chi connectivity index (χ3n) is 7.50. The van der Waals surface area contributed by atoms with Crippen molar-refractivity contribution in [3.05, 3.63) is 94.6 Å². The lowest BCUT2D eigenvalue weighted by Gasteiger charge is -2.34. The van der Waals surface area contributed by atoms with Crippen LogP contribution in [0.4, 0.5) is 24.5 Å². The molecule has 0 atom stereocenters. The van der Waals surface area contributed by atoms with E-state index in [1.54, 1.807) is 12.3 Å². The fraction of sp³-hybridized carbons (Fsp3) is 0.281. The van der Waals surface area contributed by atoms with Crippen LogP contribution in [0, 0.1) is 0 Å². The van der Waals surface area contributed by atoms with E-state index in [0.29, 0.717) is 24.4 Å². The Labute approximate surface area is 257 Å². The van der Waals surface area contributed by atoms with Crippen molar-refractivity contribution < 1.29 is 27.5 Å². The number of nitrogens with one attached hydrogen (secondary N) is 2. The zero-order valence-corrected chi connectivity index (χ0v) is 25.1. The van der Waals surface area contributed by atoms with E-state index >= 15 is 0 Å². The SMILES string of the molecule is CCN1CCN(Cc2ccc(NC(=O)c3ccc(OC)c(NC(=O)c4cncc(-c5cccs5)c4)c3)cc2C(F)(F)F)CC1. The molecule has 1 fully saturated rings. The molecule has 2 aromatic carbocycles. The average molecular weight is 624 g/mol. The topological polar surface area (TPSA) is 86.8 Å². The molecule has 2 amide bonds. The number of carbonyl (C=O) groups is 2. The van der Waals surface area contributed by atoms with E-state index in [1.807, 2.05) is 22.4 Å². The Balaban J connectivity index is 1.31. The standard InChI is InChI=1S/C32H32F3N5O3S/c1-3-39-10-12-40(13-11-39)20-22-6-8-25(17-26(22)32(33,34)35)37-30(41)21-7-9-28(43-2)27(16-21)38-31(42)24-15-23(18-36-19-24)29-5-4-14-44-29/h4-9,14-19H,3,10-13,20H2,1-2H3,(H,37,41)(H,38,42). The van der Waals surface area contributed by atoms with Gasteiger partial charge in [-0.1, -0.05) is 19.1 Å². The van der Waals surface area contributed by atoms with E-state index in [4.69, 9.17) is 4.74 Å². The minimum atomic E-state index is -4.59. The average Bonchev–Trinajstić information content (AvgIpc) is 3.57. The van der Waals surface area contributed by atoms with E-state index in [9.17, 15) is 22.8 Å². The molecule has 44 heavy (non-hydrogen) atoms. The summed E-state index contributed by atoms with van der Waals surface area (Å²) in [6.45, 7) is 6.17. The predicted molar refractivity (Wildman–Crippen MR) is 165 cm³/mol. The molecule has 0 radical (unpaired) electrons. The summed E-state index contributed by atoms with van der Waals surface area (Å²) in [5.74, 6) is -0.796. The minimum Gasteiger partial charge on any atom is -0.495 e. The van der Waals surface area contributed by atoms with Gasteiger partial charge in [-0.2, -0.15) is 13.2 Å². The molecule has 1 aliphatic heterocycles. The molecule has 2 aromatic heterocycles. The number of hydrogen-bond acceptors (Lipinski definition) is 7. The number of amides is 2. The molecule has 5 rings (SSSR count). The number of methoxy groups -OCH3 is 1. The van der Waals surface area contributed by atoms with E-state index in [0.717, 1.165) is 36.1 Å². The highest BCUT2D eigenvalue weighted by Crippen LogP contribution is 2.35. The highest BCUT2D eigenvalue weighted by atomic mass is 32.1. The number of ether oxygens (including phenoxy) is 1. The van der Waals surface area contributed by atoms with Gasteiger partial charge in [-0.15, -0.1) is 11.3 Å². The number of halogens is 3. The number of nitrogens with zero attached hydrogens (tertiary/aromatic N) is 3. The van der Waals surface area contributed by atoms with Crippen LogP contribution in [0.25, 0.3) is 10.4 Å². The van der Waals surface area contributed by atoms with Crippen molar-refractivity contribution in [3.8, 4) is 16.2 Å². The van der Waals surface area contributed by atoms with Crippen LogP contribution >= 0.6 is 11.3 Å². The molecule has 4 aromatic rings. The van der Waals surface area contributed by atoms with Gasteiger partial charge in [0.15, 0.2) is 0 Å². The number of carbonyl (C=O) groups excluding carboxylic acids is 2. The zero-order chi connectivity index (χ0) is 31.3. The van der Waals surface area contributed by atoms with Crippen LogP contribution in [0.3, 0.4) is 0 Å². The number of benzene rings is 2. The van der Waals surface area contributed by atoms with Crippen LogP contribution in [0.15, 0.2) is 72.4 Å². The lowest BCUT2D eigenvalue weighted by atomic mass is 10.0. The first kappa shape index (κ1) is 31.2. The van der Waals surface area contributed by atoms with Crippen LogP contribution in [-0.4, -0.2) is 66.4 Å². The summed E-state index contributed by atoms with van der Waals surface area (Å²) in [4.78, 5) is 35.7. The summed E-state index contributed by atoms with van der Waals surface area (Å²) in [5, 5.41) is 7.25. The Morgan fingerprint density at radius 3 is 2.36 bits per heavy atom. The normalized spacial score (nSPS) is 14.3. The zero-order valence-electron chi connectivity index (χ0n) is 24.3. The van der Waals surface area contributed by atoms with Gasteiger partial charge >= 0.3 is 6.18 Å². The quantitative estimate of drug-likeness (QED) is 0.222. The lowest BCUT2D eigenvalue weighted by molar-refractivity contribution is -0.138. The Bertz CT molecular complexity index is 1620. The van der Waals surface area contributed by atoms with Crippen LogP contribution in [-0.2, 0) is 12.7 Å². The van der Waals surface area contributed by atoms with Gasteiger partial charge in [0.05, 0.1) is 23.9 Å². The van der Waals surface area contributed by atoms with Gasteiger partial charge in [-0.05, 0) is 60.0 Å². The maximum atomic E-state index is 14.1. The number of pyridine rings is 1. The summed E-state index contributed by atoms with van der Waals surface area (Å²) in [6.07, 6.45) is -1.49. The van der Waals surface area contributed by atoms with Crippen molar-refractivity contribution in [2.45, 2.75) is 19.6 Å². The first-order valence-corrected chi connectivity index (χ1v) is 15.0. The van der Waals surface area contributed by atoms with Gasteiger partial charge in [-0.25, -0.2) is 0 Å². The molecule has 0 unspecified atom stereocenters. The molecule has 0 aliphatic carbocycles. The van der Waals surface area contributed by atoms with Gasteiger partial charge in [0.25, 0.3) is 11.8 Å². The third kappa shape index (κ3) is 7.44. The summed E-state index contributed by atoms with van der Waals surface area (Å²) in [5.41, 5.74) is 0.830. The smallest absolute Gasteiger partial charge is 0.416 e. The van der Waals surface area contributed by atoms with Gasteiger partial charge in [0, 0.05) is 66.8 Å². The summed E-state index contributed by atoms with van der Waals surface area (Å²) < 4.78 is 47.6. The molecule has 12 heteroatoms.